The Hall–Kier alpha value is -1.80. The van der Waals surface area contributed by atoms with Gasteiger partial charge in [0.1, 0.15) is 9.77 Å². The van der Waals surface area contributed by atoms with Crippen LogP contribution in [0.2, 0.25) is 0 Å². The van der Waals surface area contributed by atoms with Gasteiger partial charge in [0.05, 0.1) is 10.7 Å². The smallest absolute Gasteiger partial charge is 0.267 e. The number of rotatable bonds is 4. The molecule has 0 radical (unpaired) electrons. The van der Waals surface area contributed by atoms with Gasteiger partial charge in [-0.3, -0.25) is 9.78 Å². The fraction of sp³-hybridized carbons (Fsp3) is 0.250. The van der Waals surface area contributed by atoms with E-state index in [1.165, 1.54) is 35.9 Å². The molecule has 0 atom stereocenters. The average Bonchev–Trinajstić information content (AvgIpc) is 2.81. The maximum absolute atomic E-state index is 12.0. The van der Waals surface area contributed by atoms with Crippen LogP contribution < -0.4 is 4.72 Å². The second-order valence-electron chi connectivity index (χ2n) is 4.00. The summed E-state index contributed by atoms with van der Waals surface area (Å²) in [4.78, 5) is 20.2. The number of aryl methyl sites for hydroxylation is 2. The predicted octanol–water partition coefficient (Wildman–Crippen LogP) is 1.53. The minimum absolute atomic E-state index is 0.0498. The lowest BCUT2D eigenvalue weighted by molar-refractivity contribution is 0.0984. The Morgan fingerprint density at radius 3 is 2.75 bits per heavy atom. The molecule has 0 aliphatic rings. The zero-order valence-corrected chi connectivity index (χ0v) is 12.6. The Morgan fingerprint density at radius 2 is 2.20 bits per heavy atom. The fourth-order valence-electron chi connectivity index (χ4n) is 1.55. The lowest BCUT2D eigenvalue weighted by atomic mass is 10.4. The average molecular weight is 311 g/mol. The molecule has 2 rings (SSSR count). The van der Waals surface area contributed by atoms with Crippen LogP contribution in [0.1, 0.15) is 27.3 Å². The Labute approximate surface area is 121 Å². The first-order valence-electron chi connectivity index (χ1n) is 5.87. The van der Waals surface area contributed by atoms with Gasteiger partial charge in [-0.25, -0.2) is 18.1 Å². The molecule has 0 spiro atoms. The molecule has 0 bridgehead atoms. The molecule has 2 aromatic heterocycles. The summed E-state index contributed by atoms with van der Waals surface area (Å²) in [6, 6.07) is 2.87. The molecule has 0 aliphatic heterocycles. The van der Waals surface area contributed by atoms with E-state index < -0.39 is 15.9 Å². The van der Waals surface area contributed by atoms with Crippen molar-refractivity contribution in [3.05, 3.63) is 40.1 Å². The molecule has 0 aromatic carbocycles. The van der Waals surface area contributed by atoms with Crippen molar-refractivity contribution in [2.45, 2.75) is 25.2 Å². The summed E-state index contributed by atoms with van der Waals surface area (Å²) in [6.45, 7) is 3.60. The summed E-state index contributed by atoms with van der Waals surface area (Å²) in [5.41, 5.74) is 0.533. The van der Waals surface area contributed by atoms with E-state index in [9.17, 15) is 13.2 Å². The van der Waals surface area contributed by atoms with Crippen LogP contribution in [0.3, 0.4) is 0 Å². The summed E-state index contributed by atoms with van der Waals surface area (Å²) in [7, 11) is -3.91. The first-order chi connectivity index (χ1) is 9.44. The van der Waals surface area contributed by atoms with Crippen molar-refractivity contribution in [1.82, 2.24) is 14.7 Å². The maximum atomic E-state index is 12.0. The molecule has 0 saturated heterocycles. The van der Waals surface area contributed by atoms with E-state index in [1.54, 1.807) is 6.92 Å². The largest absolute Gasteiger partial charge is 0.276 e. The molecular formula is C12H13N3O3S2. The number of carbonyl (C=O) groups excluding carboxylic acids is 1. The van der Waals surface area contributed by atoms with Crippen LogP contribution in [-0.2, 0) is 16.4 Å². The van der Waals surface area contributed by atoms with Crippen molar-refractivity contribution in [2.75, 3.05) is 0 Å². The highest BCUT2D eigenvalue weighted by Crippen LogP contribution is 2.19. The van der Waals surface area contributed by atoms with E-state index in [1.807, 2.05) is 11.6 Å². The molecule has 20 heavy (non-hydrogen) atoms. The molecule has 1 N–H and O–H groups in total. The Morgan fingerprint density at radius 1 is 1.45 bits per heavy atom. The zero-order chi connectivity index (χ0) is 14.8. The van der Waals surface area contributed by atoms with E-state index in [2.05, 4.69) is 9.97 Å². The lowest BCUT2D eigenvalue weighted by Crippen LogP contribution is -2.30. The van der Waals surface area contributed by atoms with Gasteiger partial charge in [0.2, 0.25) is 0 Å². The van der Waals surface area contributed by atoms with Gasteiger partial charge < -0.3 is 0 Å². The Kier molecular flexibility index (Phi) is 4.15. The van der Waals surface area contributed by atoms with Gasteiger partial charge in [0.25, 0.3) is 15.9 Å². The number of nitrogens with zero attached hydrogens (tertiary/aromatic N) is 2. The van der Waals surface area contributed by atoms with Crippen LogP contribution in [0.5, 0.6) is 0 Å². The first kappa shape index (κ1) is 14.6. The van der Waals surface area contributed by atoms with Gasteiger partial charge in [0.15, 0.2) is 0 Å². The standard InChI is InChI=1S/C12H13N3O3S2/c1-3-10-14-8(2)11(19-10)12(16)15-20(17,18)9-5-4-6-13-7-9/h4-7H,3H2,1-2H3,(H,15,16). The van der Waals surface area contributed by atoms with Gasteiger partial charge >= 0.3 is 0 Å². The summed E-state index contributed by atoms with van der Waals surface area (Å²) in [6.07, 6.45) is 3.35. The summed E-state index contributed by atoms with van der Waals surface area (Å²) >= 11 is 1.20. The van der Waals surface area contributed by atoms with E-state index in [0.717, 1.165) is 5.01 Å². The van der Waals surface area contributed by atoms with E-state index in [4.69, 9.17) is 0 Å². The molecule has 1 amide bonds. The maximum Gasteiger partial charge on any atom is 0.276 e. The molecule has 6 nitrogen and oxygen atoms in total. The highest BCUT2D eigenvalue weighted by atomic mass is 32.2. The fourth-order valence-corrected chi connectivity index (χ4v) is 3.43. The monoisotopic (exact) mass is 311 g/mol. The Balaban J connectivity index is 2.25. The van der Waals surface area contributed by atoms with Crippen molar-refractivity contribution in [2.24, 2.45) is 0 Å². The molecule has 0 saturated carbocycles. The SMILES string of the molecule is CCc1nc(C)c(C(=O)NS(=O)(=O)c2cccnc2)s1. The first-order valence-corrected chi connectivity index (χ1v) is 8.17. The van der Waals surface area contributed by atoms with E-state index in [0.29, 0.717) is 17.0 Å². The topological polar surface area (TPSA) is 89.0 Å². The molecule has 0 fully saturated rings. The van der Waals surface area contributed by atoms with Crippen molar-refractivity contribution in [3.63, 3.8) is 0 Å². The molecular weight excluding hydrogens is 298 g/mol. The Bertz CT molecular complexity index is 724. The number of hydrogen-bond acceptors (Lipinski definition) is 6. The normalized spacial score (nSPS) is 11.3. The molecule has 0 unspecified atom stereocenters. The number of sulfonamides is 1. The van der Waals surface area contributed by atoms with Gasteiger partial charge in [0, 0.05) is 12.4 Å². The third kappa shape index (κ3) is 3.02. The van der Waals surface area contributed by atoms with Crippen molar-refractivity contribution >= 4 is 27.3 Å². The molecule has 2 aromatic rings. The number of pyridine rings is 1. The van der Waals surface area contributed by atoms with Gasteiger partial charge in [-0.1, -0.05) is 6.92 Å². The highest BCUT2D eigenvalue weighted by molar-refractivity contribution is 7.90. The van der Waals surface area contributed by atoms with Crippen LogP contribution >= 0.6 is 11.3 Å². The molecule has 8 heteroatoms. The van der Waals surface area contributed by atoms with E-state index >= 15 is 0 Å². The number of thiazole rings is 1. The molecule has 106 valence electrons. The summed E-state index contributed by atoms with van der Waals surface area (Å²) < 4.78 is 26.1. The third-order valence-electron chi connectivity index (χ3n) is 2.52. The number of hydrogen-bond donors (Lipinski definition) is 1. The number of carbonyl (C=O) groups is 1. The van der Waals surface area contributed by atoms with Crippen LogP contribution in [0.15, 0.2) is 29.4 Å². The van der Waals surface area contributed by atoms with Crippen LogP contribution in [-0.4, -0.2) is 24.3 Å². The summed E-state index contributed by atoms with van der Waals surface area (Å²) in [5.74, 6) is -0.663. The number of aromatic nitrogens is 2. The van der Waals surface area contributed by atoms with Crippen LogP contribution in [0, 0.1) is 6.92 Å². The number of amides is 1. The van der Waals surface area contributed by atoms with Crippen LogP contribution in [0.25, 0.3) is 0 Å². The quantitative estimate of drug-likeness (QED) is 0.925. The number of nitrogens with one attached hydrogen (secondary N) is 1. The molecule has 2 heterocycles. The van der Waals surface area contributed by atoms with Crippen molar-refractivity contribution < 1.29 is 13.2 Å². The van der Waals surface area contributed by atoms with Crippen molar-refractivity contribution in [1.29, 1.82) is 0 Å². The van der Waals surface area contributed by atoms with Crippen LogP contribution in [0.4, 0.5) is 0 Å². The molecule has 0 aliphatic carbocycles. The third-order valence-corrected chi connectivity index (χ3v) is 5.14. The van der Waals surface area contributed by atoms with Gasteiger partial charge in [-0.15, -0.1) is 11.3 Å². The van der Waals surface area contributed by atoms with E-state index in [-0.39, 0.29) is 4.90 Å². The second-order valence-corrected chi connectivity index (χ2v) is 6.77. The minimum atomic E-state index is -3.91. The summed E-state index contributed by atoms with van der Waals surface area (Å²) in [5, 5.41) is 0.798. The highest BCUT2D eigenvalue weighted by Gasteiger charge is 2.22. The second kappa shape index (κ2) is 5.68. The lowest BCUT2D eigenvalue weighted by Gasteiger charge is -2.05. The van der Waals surface area contributed by atoms with Gasteiger partial charge in [-0.2, -0.15) is 0 Å². The predicted molar refractivity (Wildman–Crippen MR) is 75.1 cm³/mol. The minimum Gasteiger partial charge on any atom is -0.267 e. The van der Waals surface area contributed by atoms with Gasteiger partial charge in [-0.05, 0) is 25.5 Å². The zero-order valence-electron chi connectivity index (χ0n) is 11.0. The van der Waals surface area contributed by atoms with Crippen molar-refractivity contribution in [3.8, 4) is 0 Å².